The number of benzene rings is 1. The second-order valence-electron chi connectivity index (χ2n) is 8.28. The molecule has 1 unspecified atom stereocenters. The molecule has 0 spiro atoms. The van der Waals surface area contributed by atoms with Crippen LogP contribution in [0.2, 0.25) is 0 Å². The molecule has 0 saturated carbocycles. The number of hydrogen-bond acceptors (Lipinski definition) is 7. The zero-order valence-corrected chi connectivity index (χ0v) is 19.4. The average molecular weight is 468 g/mol. The number of ether oxygens (including phenoxy) is 3. The fourth-order valence-electron chi connectivity index (χ4n) is 4.55. The molecule has 2 saturated heterocycles. The number of likely N-dealkylation sites (tertiary alicyclic amines) is 1. The molecule has 0 bridgehead atoms. The number of rotatable bonds is 8. The van der Waals surface area contributed by atoms with E-state index in [0.29, 0.717) is 35.6 Å². The average Bonchev–Trinajstić information content (AvgIpc) is 3.14. The van der Waals surface area contributed by atoms with Crippen LogP contribution in [0.3, 0.4) is 0 Å². The van der Waals surface area contributed by atoms with Gasteiger partial charge in [-0.15, -0.1) is 0 Å². The van der Waals surface area contributed by atoms with Gasteiger partial charge in [0.05, 0.1) is 40.0 Å². The van der Waals surface area contributed by atoms with Gasteiger partial charge >= 0.3 is 0 Å². The van der Waals surface area contributed by atoms with Gasteiger partial charge in [0.15, 0.2) is 0 Å². The molecular weight excluding hydrogens is 438 g/mol. The zero-order valence-electron chi connectivity index (χ0n) is 19.4. The van der Waals surface area contributed by atoms with Crippen molar-refractivity contribution >= 4 is 17.4 Å². The Balaban J connectivity index is 1.74. The van der Waals surface area contributed by atoms with Crippen molar-refractivity contribution in [1.82, 2.24) is 9.88 Å². The number of aromatic nitrogens is 1. The molecule has 9 heteroatoms. The van der Waals surface area contributed by atoms with Crippen molar-refractivity contribution in [2.75, 3.05) is 53.6 Å². The van der Waals surface area contributed by atoms with Gasteiger partial charge in [0.2, 0.25) is 5.78 Å². The van der Waals surface area contributed by atoms with Crippen molar-refractivity contribution in [2.45, 2.75) is 12.5 Å². The van der Waals surface area contributed by atoms with Crippen molar-refractivity contribution in [3.8, 4) is 11.5 Å². The van der Waals surface area contributed by atoms with E-state index >= 15 is 0 Å². The maximum Gasteiger partial charge on any atom is 0.295 e. The third-order valence-electron chi connectivity index (χ3n) is 6.33. The highest BCUT2D eigenvalue weighted by Crippen LogP contribution is 2.43. The predicted octanol–water partition coefficient (Wildman–Crippen LogP) is -0.372. The number of Topliss-reactive ketones (excluding diaryl/α,β-unsaturated/α-hetero) is 1. The highest BCUT2D eigenvalue weighted by atomic mass is 16.5. The molecule has 0 radical (unpaired) electrons. The molecule has 1 amide bonds. The minimum absolute atomic E-state index is 0.0820. The maximum atomic E-state index is 13.5. The van der Waals surface area contributed by atoms with Gasteiger partial charge in [-0.05, 0) is 35.9 Å². The SMILES string of the molecule is COc1ccc(OC)c(C2C(=C([O-])c3ccncc3)C(=O)C(=O)N2CCC[NH+]2CCOCC2)c1. The number of pyridine rings is 1. The van der Waals surface area contributed by atoms with E-state index < -0.39 is 23.5 Å². The van der Waals surface area contributed by atoms with Crippen molar-refractivity contribution in [2.24, 2.45) is 0 Å². The summed E-state index contributed by atoms with van der Waals surface area (Å²) in [7, 11) is 3.05. The van der Waals surface area contributed by atoms with Crippen LogP contribution in [0.1, 0.15) is 23.6 Å². The molecule has 4 rings (SSSR count). The highest BCUT2D eigenvalue weighted by Gasteiger charge is 2.45. The second-order valence-corrected chi connectivity index (χ2v) is 8.28. The molecule has 1 aromatic heterocycles. The summed E-state index contributed by atoms with van der Waals surface area (Å²) in [6.07, 6.45) is 3.66. The van der Waals surface area contributed by atoms with Gasteiger partial charge < -0.3 is 29.1 Å². The quantitative estimate of drug-likeness (QED) is 0.321. The number of morpholine rings is 1. The van der Waals surface area contributed by atoms with Crippen molar-refractivity contribution < 1.29 is 33.8 Å². The van der Waals surface area contributed by atoms with Crippen molar-refractivity contribution in [3.63, 3.8) is 0 Å². The van der Waals surface area contributed by atoms with Gasteiger partial charge in [0, 0.05) is 36.5 Å². The fraction of sp³-hybridized carbons (Fsp3) is 0.400. The standard InChI is InChI=1S/C25H29N3O6/c1-32-18-4-5-20(33-2)19(16-18)22-21(23(29)17-6-8-26-9-7-17)24(30)25(31)28(22)11-3-10-27-12-14-34-15-13-27/h4-9,16,22,29H,3,10-15H2,1-2H3. The molecule has 2 aliphatic heterocycles. The van der Waals surface area contributed by atoms with Crippen LogP contribution < -0.4 is 19.5 Å². The van der Waals surface area contributed by atoms with Gasteiger partial charge in [-0.25, -0.2) is 0 Å². The van der Waals surface area contributed by atoms with Crippen molar-refractivity contribution in [3.05, 3.63) is 59.4 Å². The first-order valence-corrected chi connectivity index (χ1v) is 11.3. The van der Waals surface area contributed by atoms with Crippen LogP contribution in [0, 0.1) is 0 Å². The Morgan fingerprint density at radius 2 is 1.88 bits per heavy atom. The van der Waals surface area contributed by atoms with E-state index in [4.69, 9.17) is 14.2 Å². The summed E-state index contributed by atoms with van der Waals surface area (Å²) in [4.78, 5) is 33.2. The Morgan fingerprint density at radius 1 is 1.15 bits per heavy atom. The van der Waals surface area contributed by atoms with Crippen LogP contribution in [-0.2, 0) is 14.3 Å². The highest BCUT2D eigenvalue weighted by molar-refractivity contribution is 6.46. The Hall–Kier alpha value is -3.43. The Morgan fingerprint density at radius 3 is 2.56 bits per heavy atom. The molecule has 2 fully saturated rings. The Labute approximate surface area is 198 Å². The molecule has 1 aromatic carbocycles. The van der Waals surface area contributed by atoms with E-state index in [1.165, 1.54) is 48.5 Å². The van der Waals surface area contributed by atoms with Gasteiger partial charge in [0.1, 0.15) is 24.6 Å². The lowest BCUT2D eigenvalue weighted by molar-refractivity contribution is -0.908. The summed E-state index contributed by atoms with van der Waals surface area (Å²) < 4.78 is 16.3. The van der Waals surface area contributed by atoms with Gasteiger partial charge in [-0.3, -0.25) is 14.6 Å². The van der Waals surface area contributed by atoms with E-state index in [0.717, 1.165) is 32.8 Å². The molecule has 0 aliphatic carbocycles. The normalized spacial score (nSPS) is 20.5. The fourth-order valence-corrected chi connectivity index (χ4v) is 4.55. The van der Waals surface area contributed by atoms with Gasteiger partial charge in [0.25, 0.3) is 5.91 Å². The van der Waals surface area contributed by atoms with Gasteiger partial charge in [-0.2, -0.15) is 0 Å². The number of carbonyl (C=O) groups excluding carboxylic acids is 2. The van der Waals surface area contributed by atoms with E-state index in [2.05, 4.69) is 4.98 Å². The number of methoxy groups -OCH3 is 2. The first-order chi connectivity index (χ1) is 16.5. The lowest BCUT2D eigenvalue weighted by Crippen LogP contribution is -3.14. The first kappa shape index (κ1) is 23.7. The number of nitrogens with zero attached hydrogens (tertiary/aromatic N) is 2. The molecular formula is C25H29N3O6. The van der Waals surface area contributed by atoms with Crippen LogP contribution >= 0.6 is 0 Å². The summed E-state index contributed by atoms with van der Waals surface area (Å²) in [6.45, 7) is 4.46. The Bertz CT molecular complexity index is 1070. The smallest absolute Gasteiger partial charge is 0.295 e. The zero-order chi connectivity index (χ0) is 24.1. The van der Waals surface area contributed by atoms with E-state index in [-0.39, 0.29) is 5.57 Å². The summed E-state index contributed by atoms with van der Waals surface area (Å²) in [5.41, 5.74) is 0.760. The topological polar surface area (TPSA) is 105 Å². The molecule has 180 valence electrons. The van der Waals surface area contributed by atoms with Crippen LogP contribution in [0.5, 0.6) is 11.5 Å². The van der Waals surface area contributed by atoms with Crippen molar-refractivity contribution in [1.29, 1.82) is 0 Å². The van der Waals surface area contributed by atoms with E-state index in [1.807, 2.05) is 0 Å². The summed E-state index contributed by atoms with van der Waals surface area (Å²) in [5.74, 6) is -0.940. The summed E-state index contributed by atoms with van der Waals surface area (Å²) >= 11 is 0. The third kappa shape index (κ3) is 4.76. The predicted molar refractivity (Wildman–Crippen MR) is 121 cm³/mol. The van der Waals surface area contributed by atoms with Crippen LogP contribution in [-0.4, -0.2) is 75.2 Å². The molecule has 2 aromatic rings. The lowest BCUT2D eigenvalue weighted by atomic mass is 9.94. The maximum absolute atomic E-state index is 13.5. The van der Waals surface area contributed by atoms with E-state index in [1.54, 1.807) is 18.2 Å². The monoisotopic (exact) mass is 467 g/mol. The largest absolute Gasteiger partial charge is 0.872 e. The molecule has 1 N–H and O–H groups in total. The van der Waals surface area contributed by atoms with Crippen LogP contribution in [0.4, 0.5) is 0 Å². The van der Waals surface area contributed by atoms with Crippen LogP contribution in [0.15, 0.2) is 48.3 Å². The second kappa shape index (κ2) is 10.7. The summed E-state index contributed by atoms with van der Waals surface area (Å²) in [5, 5.41) is 13.5. The molecule has 1 atom stereocenters. The van der Waals surface area contributed by atoms with Gasteiger partial charge in [-0.1, -0.05) is 5.76 Å². The number of nitrogens with one attached hydrogen (secondary N) is 1. The number of ketones is 1. The third-order valence-corrected chi connectivity index (χ3v) is 6.33. The van der Waals surface area contributed by atoms with E-state index in [9.17, 15) is 14.7 Å². The first-order valence-electron chi connectivity index (χ1n) is 11.3. The minimum atomic E-state index is -0.870. The number of carbonyl (C=O) groups is 2. The van der Waals surface area contributed by atoms with Crippen LogP contribution in [0.25, 0.3) is 5.76 Å². The summed E-state index contributed by atoms with van der Waals surface area (Å²) in [6, 6.07) is 7.37. The number of amides is 1. The number of quaternary nitrogens is 1. The molecule has 3 heterocycles. The number of hydrogen-bond donors (Lipinski definition) is 1. The minimum Gasteiger partial charge on any atom is -0.872 e. The molecule has 2 aliphatic rings. The molecule has 34 heavy (non-hydrogen) atoms. The Kier molecular flexibility index (Phi) is 7.44. The molecule has 9 nitrogen and oxygen atoms in total. The lowest BCUT2D eigenvalue weighted by Gasteiger charge is -2.29.